The zero-order valence-electron chi connectivity index (χ0n) is 15.0. The summed E-state index contributed by atoms with van der Waals surface area (Å²) in [5.74, 6) is -0.364. The van der Waals surface area contributed by atoms with Gasteiger partial charge < -0.3 is 16.0 Å². The van der Waals surface area contributed by atoms with Crippen molar-refractivity contribution in [2.24, 2.45) is 0 Å². The Hall–Kier alpha value is -3.74. The number of hydrogen-bond donors (Lipinski definition) is 3. The van der Waals surface area contributed by atoms with Gasteiger partial charge in [0.2, 0.25) is 0 Å². The molecule has 7 nitrogen and oxygen atoms in total. The molecule has 0 aliphatic rings. The van der Waals surface area contributed by atoms with Crippen molar-refractivity contribution in [3.63, 3.8) is 0 Å². The molecule has 7 heteroatoms. The molecule has 0 saturated carbocycles. The van der Waals surface area contributed by atoms with Gasteiger partial charge in [-0.15, -0.1) is 0 Å². The van der Waals surface area contributed by atoms with Crippen LogP contribution in [-0.2, 0) is 0 Å². The Balaban J connectivity index is 1.69. The van der Waals surface area contributed by atoms with Gasteiger partial charge in [0, 0.05) is 23.3 Å². The number of aromatic nitrogens is 2. The highest BCUT2D eigenvalue weighted by Gasteiger charge is 2.11. The average molecular weight is 361 g/mol. The Bertz CT molecular complexity index is 956. The third kappa shape index (κ3) is 4.88. The summed E-state index contributed by atoms with van der Waals surface area (Å²) >= 11 is 0. The fourth-order valence-corrected chi connectivity index (χ4v) is 2.35. The zero-order valence-corrected chi connectivity index (χ0v) is 15.0. The van der Waals surface area contributed by atoms with Crippen LogP contribution in [0.25, 0.3) is 0 Å². The molecule has 1 aromatic heterocycles. The average Bonchev–Trinajstić information content (AvgIpc) is 2.65. The molecule has 0 aliphatic carbocycles. The largest absolute Gasteiger partial charge is 0.323 e. The normalized spacial score (nSPS) is 10.1. The summed E-state index contributed by atoms with van der Waals surface area (Å²) in [6.45, 7) is 3.67. The number of urea groups is 1. The molecule has 0 atom stereocenters. The van der Waals surface area contributed by atoms with Crippen molar-refractivity contribution in [3.05, 3.63) is 77.9 Å². The van der Waals surface area contributed by atoms with Crippen LogP contribution in [0, 0.1) is 13.8 Å². The second-order valence-electron chi connectivity index (χ2n) is 5.97. The van der Waals surface area contributed by atoms with E-state index in [-0.39, 0.29) is 17.6 Å². The predicted molar refractivity (Wildman–Crippen MR) is 105 cm³/mol. The van der Waals surface area contributed by atoms with E-state index in [2.05, 4.69) is 25.9 Å². The quantitative estimate of drug-likeness (QED) is 0.655. The number of hydrogen-bond acceptors (Lipinski definition) is 4. The lowest BCUT2D eigenvalue weighted by atomic mass is 10.1. The first kappa shape index (κ1) is 18.1. The van der Waals surface area contributed by atoms with Crippen LogP contribution in [0.1, 0.15) is 21.7 Å². The molecule has 0 radical (unpaired) electrons. The number of anilines is 3. The number of amides is 3. The number of carbonyl (C=O) groups is 2. The van der Waals surface area contributed by atoms with E-state index in [0.29, 0.717) is 17.1 Å². The molecule has 3 rings (SSSR count). The summed E-state index contributed by atoms with van der Waals surface area (Å²) < 4.78 is 0. The Kier molecular flexibility index (Phi) is 5.41. The fourth-order valence-electron chi connectivity index (χ4n) is 2.35. The van der Waals surface area contributed by atoms with E-state index in [1.165, 1.54) is 12.4 Å². The maximum absolute atomic E-state index is 12.3. The number of aryl methyl sites for hydroxylation is 2. The van der Waals surface area contributed by atoms with Crippen LogP contribution in [0.15, 0.2) is 60.9 Å². The summed E-state index contributed by atoms with van der Waals surface area (Å²) in [7, 11) is 0. The lowest BCUT2D eigenvalue weighted by molar-refractivity contribution is 0.102. The van der Waals surface area contributed by atoms with Gasteiger partial charge in [0.15, 0.2) is 0 Å². The van der Waals surface area contributed by atoms with Crippen molar-refractivity contribution in [1.82, 2.24) is 9.97 Å². The first-order chi connectivity index (χ1) is 13.0. The van der Waals surface area contributed by atoms with Gasteiger partial charge in [0.25, 0.3) is 5.91 Å². The highest BCUT2D eigenvalue weighted by molar-refractivity contribution is 6.04. The van der Waals surface area contributed by atoms with Crippen LogP contribution in [0.3, 0.4) is 0 Å². The van der Waals surface area contributed by atoms with Crippen LogP contribution in [0.2, 0.25) is 0 Å². The van der Waals surface area contributed by atoms with E-state index in [1.807, 2.05) is 31.2 Å². The molecule has 2 aromatic carbocycles. The minimum Gasteiger partial charge on any atom is -0.320 e. The molecule has 136 valence electrons. The van der Waals surface area contributed by atoms with Gasteiger partial charge in [0.1, 0.15) is 5.69 Å². The van der Waals surface area contributed by atoms with Crippen molar-refractivity contribution in [3.8, 4) is 0 Å². The Morgan fingerprint density at radius 1 is 0.815 bits per heavy atom. The van der Waals surface area contributed by atoms with E-state index < -0.39 is 0 Å². The van der Waals surface area contributed by atoms with Crippen LogP contribution in [0.5, 0.6) is 0 Å². The summed E-state index contributed by atoms with van der Waals surface area (Å²) in [4.78, 5) is 32.6. The SMILES string of the molecule is Cc1cnc(C(=O)Nc2cc(NC(=O)Nc3ccccc3)ccc2C)cn1. The van der Waals surface area contributed by atoms with E-state index >= 15 is 0 Å². The molecule has 27 heavy (non-hydrogen) atoms. The summed E-state index contributed by atoms with van der Waals surface area (Å²) in [6, 6.07) is 14.0. The van der Waals surface area contributed by atoms with Gasteiger partial charge in [-0.25, -0.2) is 9.78 Å². The highest BCUT2D eigenvalue weighted by Crippen LogP contribution is 2.21. The first-order valence-corrected chi connectivity index (χ1v) is 8.35. The molecule has 3 N–H and O–H groups in total. The molecular weight excluding hydrogens is 342 g/mol. The van der Waals surface area contributed by atoms with Crippen molar-refractivity contribution in [1.29, 1.82) is 0 Å². The molecule has 0 unspecified atom stereocenters. The third-order valence-electron chi connectivity index (χ3n) is 3.79. The van der Waals surface area contributed by atoms with E-state index in [4.69, 9.17) is 0 Å². The van der Waals surface area contributed by atoms with E-state index in [1.54, 1.807) is 31.2 Å². The van der Waals surface area contributed by atoms with Crippen molar-refractivity contribution >= 4 is 29.0 Å². The van der Waals surface area contributed by atoms with Crippen LogP contribution in [0.4, 0.5) is 21.9 Å². The van der Waals surface area contributed by atoms with Gasteiger partial charge >= 0.3 is 6.03 Å². The second-order valence-corrected chi connectivity index (χ2v) is 5.97. The molecule has 0 saturated heterocycles. The lowest BCUT2D eigenvalue weighted by Gasteiger charge is -2.12. The van der Waals surface area contributed by atoms with Gasteiger partial charge in [-0.05, 0) is 43.7 Å². The number of para-hydroxylation sites is 1. The van der Waals surface area contributed by atoms with Gasteiger partial charge in [-0.2, -0.15) is 0 Å². The smallest absolute Gasteiger partial charge is 0.320 e. The summed E-state index contributed by atoms with van der Waals surface area (Å²) in [5.41, 5.74) is 3.64. The molecular formula is C20H19N5O2. The molecule has 0 aliphatic heterocycles. The Morgan fingerprint density at radius 3 is 2.26 bits per heavy atom. The molecule has 0 fully saturated rings. The van der Waals surface area contributed by atoms with E-state index in [0.717, 1.165) is 11.3 Å². The second kappa shape index (κ2) is 8.09. The van der Waals surface area contributed by atoms with Crippen molar-refractivity contribution < 1.29 is 9.59 Å². The number of nitrogens with zero attached hydrogens (tertiary/aromatic N) is 2. The minimum atomic E-state index is -0.369. The van der Waals surface area contributed by atoms with Gasteiger partial charge in [0.05, 0.1) is 11.9 Å². The van der Waals surface area contributed by atoms with E-state index in [9.17, 15) is 9.59 Å². The molecule has 3 aromatic rings. The van der Waals surface area contributed by atoms with Crippen LogP contribution >= 0.6 is 0 Å². The summed E-state index contributed by atoms with van der Waals surface area (Å²) in [5, 5.41) is 8.29. The standard InChI is InChI=1S/C20H19N5O2/c1-13-8-9-16(24-20(27)23-15-6-4-3-5-7-15)10-17(13)25-19(26)18-12-21-14(2)11-22-18/h3-12H,1-2H3,(H,25,26)(H2,23,24,27). The highest BCUT2D eigenvalue weighted by atomic mass is 16.2. The first-order valence-electron chi connectivity index (χ1n) is 8.35. The number of carbonyl (C=O) groups excluding carboxylic acids is 2. The topological polar surface area (TPSA) is 96.0 Å². The van der Waals surface area contributed by atoms with Gasteiger partial charge in [-0.1, -0.05) is 24.3 Å². The number of benzene rings is 2. The van der Waals surface area contributed by atoms with Crippen LogP contribution in [-0.4, -0.2) is 21.9 Å². The monoisotopic (exact) mass is 361 g/mol. The summed E-state index contributed by atoms with van der Waals surface area (Å²) in [6.07, 6.45) is 2.96. The number of rotatable bonds is 4. The molecule has 1 heterocycles. The van der Waals surface area contributed by atoms with Crippen LogP contribution < -0.4 is 16.0 Å². The maximum Gasteiger partial charge on any atom is 0.323 e. The Labute approximate surface area is 156 Å². The fraction of sp³-hybridized carbons (Fsp3) is 0.100. The zero-order chi connectivity index (χ0) is 19.2. The molecule has 0 spiro atoms. The van der Waals surface area contributed by atoms with Crippen molar-refractivity contribution in [2.75, 3.05) is 16.0 Å². The predicted octanol–water partition coefficient (Wildman–Crippen LogP) is 3.99. The third-order valence-corrected chi connectivity index (χ3v) is 3.79. The minimum absolute atomic E-state index is 0.222. The van der Waals surface area contributed by atoms with Crippen molar-refractivity contribution in [2.45, 2.75) is 13.8 Å². The molecule has 0 bridgehead atoms. The Morgan fingerprint density at radius 2 is 1.56 bits per heavy atom. The lowest BCUT2D eigenvalue weighted by Crippen LogP contribution is -2.20. The van der Waals surface area contributed by atoms with Gasteiger partial charge in [-0.3, -0.25) is 9.78 Å². The number of nitrogens with one attached hydrogen (secondary N) is 3. The molecule has 3 amide bonds. The maximum atomic E-state index is 12.3.